The molecule has 2 N–H and O–H groups in total. The number of amides is 1. The van der Waals surface area contributed by atoms with E-state index in [1.165, 1.54) is 12.3 Å². The normalized spacial score (nSPS) is 10.7. The van der Waals surface area contributed by atoms with Gasteiger partial charge in [0, 0.05) is 16.8 Å². The van der Waals surface area contributed by atoms with Gasteiger partial charge in [0.15, 0.2) is 17.3 Å². The molecule has 0 fully saturated rings. The van der Waals surface area contributed by atoms with Gasteiger partial charge in [0.05, 0.1) is 6.26 Å². The molecule has 27 heavy (non-hydrogen) atoms. The maximum Gasteiger partial charge on any atom is 0.283 e. The Bertz CT molecular complexity index is 1110. The number of anilines is 1. The number of carbonyl (C=O) groups excluding carboxylic acids is 1. The second kappa shape index (κ2) is 6.75. The zero-order valence-electron chi connectivity index (χ0n) is 13.7. The van der Waals surface area contributed by atoms with Crippen molar-refractivity contribution in [2.24, 2.45) is 0 Å². The summed E-state index contributed by atoms with van der Waals surface area (Å²) >= 11 is 0. The molecule has 0 aliphatic heterocycles. The number of phenols is 1. The van der Waals surface area contributed by atoms with Crippen molar-refractivity contribution >= 4 is 11.6 Å². The maximum atomic E-state index is 13.4. The minimum atomic E-state index is -0.868. The molecule has 8 heteroatoms. The van der Waals surface area contributed by atoms with Gasteiger partial charge in [0.25, 0.3) is 11.8 Å². The second-order valence-corrected chi connectivity index (χ2v) is 5.59. The summed E-state index contributed by atoms with van der Waals surface area (Å²) in [6, 6.07) is 13.6. The zero-order valence-corrected chi connectivity index (χ0v) is 13.7. The van der Waals surface area contributed by atoms with Gasteiger partial charge in [0.2, 0.25) is 5.89 Å². The summed E-state index contributed by atoms with van der Waals surface area (Å²) in [6.45, 7) is 0. The first kappa shape index (κ1) is 16.5. The molecule has 0 radical (unpaired) electrons. The van der Waals surface area contributed by atoms with Gasteiger partial charge in [-0.1, -0.05) is 6.07 Å². The molecule has 4 rings (SSSR count). The summed E-state index contributed by atoms with van der Waals surface area (Å²) in [4.78, 5) is 12.3. The molecule has 0 saturated heterocycles. The molecule has 0 atom stereocenters. The summed E-state index contributed by atoms with van der Waals surface area (Å²) in [5.41, 5.74) is 1.13. The van der Waals surface area contributed by atoms with Crippen molar-refractivity contribution in [3.05, 3.63) is 72.2 Å². The fourth-order valence-electron chi connectivity index (χ4n) is 2.42. The highest BCUT2D eigenvalue weighted by molar-refractivity contribution is 6.04. The van der Waals surface area contributed by atoms with Crippen LogP contribution in [0.3, 0.4) is 0 Å². The van der Waals surface area contributed by atoms with Crippen molar-refractivity contribution in [3.63, 3.8) is 0 Å². The van der Waals surface area contributed by atoms with Crippen LogP contribution in [0.1, 0.15) is 10.4 Å². The quantitative estimate of drug-likeness (QED) is 0.565. The van der Waals surface area contributed by atoms with Crippen LogP contribution in [0.15, 0.2) is 69.7 Å². The molecule has 4 aromatic rings. The number of halogens is 1. The largest absolute Gasteiger partial charge is 0.505 e. The van der Waals surface area contributed by atoms with E-state index in [1.807, 2.05) is 0 Å². The smallest absolute Gasteiger partial charge is 0.283 e. The monoisotopic (exact) mass is 365 g/mol. The molecule has 2 aromatic heterocycles. The van der Waals surface area contributed by atoms with Gasteiger partial charge >= 0.3 is 0 Å². The highest BCUT2D eigenvalue weighted by Crippen LogP contribution is 2.26. The van der Waals surface area contributed by atoms with Gasteiger partial charge in [0.1, 0.15) is 0 Å². The van der Waals surface area contributed by atoms with Gasteiger partial charge in [-0.05, 0) is 48.5 Å². The van der Waals surface area contributed by atoms with E-state index in [-0.39, 0.29) is 17.3 Å². The SMILES string of the molecule is O=C(Nc1cccc(-c2nnc(-c3ccco3)o2)c1)c1ccc(O)c(F)c1. The number of nitrogens with one attached hydrogen (secondary N) is 1. The minimum Gasteiger partial charge on any atom is -0.505 e. The summed E-state index contributed by atoms with van der Waals surface area (Å²) < 4.78 is 24.2. The Balaban J connectivity index is 1.56. The van der Waals surface area contributed by atoms with Crippen LogP contribution < -0.4 is 5.32 Å². The number of phenolic OH excluding ortho intramolecular Hbond substituents is 1. The highest BCUT2D eigenvalue weighted by atomic mass is 19.1. The number of aromatic hydroxyl groups is 1. The summed E-state index contributed by atoms with van der Waals surface area (Å²) in [7, 11) is 0. The number of rotatable bonds is 4. The Morgan fingerprint density at radius 2 is 1.89 bits per heavy atom. The lowest BCUT2D eigenvalue weighted by atomic mass is 10.1. The third-order valence-corrected chi connectivity index (χ3v) is 3.73. The third kappa shape index (κ3) is 3.40. The second-order valence-electron chi connectivity index (χ2n) is 5.59. The topological polar surface area (TPSA) is 101 Å². The van der Waals surface area contributed by atoms with Gasteiger partial charge in [-0.2, -0.15) is 0 Å². The van der Waals surface area contributed by atoms with Crippen LogP contribution in [0.2, 0.25) is 0 Å². The van der Waals surface area contributed by atoms with Crippen LogP contribution in [-0.4, -0.2) is 21.2 Å². The maximum absolute atomic E-state index is 13.4. The van der Waals surface area contributed by atoms with Crippen LogP contribution in [0.5, 0.6) is 5.75 Å². The fraction of sp³-hybridized carbons (Fsp3) is 0. The number of furan rings is 1. The Labute approximate surface area is 152 Å². The zero-order chi connectivity index (χ0) is 18.8. The van der Waals surface area contributed by atoms with Crippen molar-refractivity contribution in [1.29, 1.82) is 0 Å². The fourth-order valence-corrected chi connectivity index (χ4v) is 2.42. The summed E-state index contributed by atoms with van der Waals surface area (Å²) in [5.74, 6) is -0.956. The Kier molecular flexibility index (Phi) is 4.13. The van der Waals surface area contributed by atoms with E-state index in [4.69, 9.17) is 8.83 Å². The summed E-state index contributed by atoms with van der Waals surface area (Å²) in [5, 5.41) is 19.8. The molecular weight excluding hydrogens is 353 g/mol. The van der Waals surface area contributed by atoms with E-state index in [9.17, 15) is 14.3 Å². The lowest BCUT2D eigenvalue weighted by Crippen LogP contribution is -2.12. The van der Waals surface area contributed by atoms with E-state index in [2.05, 4.69) is 15.5 Å². The van der Waals surface area contributed by atoms with Crippen LogP contribution in [0, 0.1) is 5.82 Å². The number of benzene rings is 2. The molecule has 7 nitrogen and oxygen atoms in total. The van der Waals surface area contributed by atoms with E-state index in [0.717, 1.165) is 12.1 Å². The van der Waals surface area contributed by atoms with Crippen molar-refractivity contribution in [3.8, 4) is 28.9 Å². The first-order valence-corrected chi connectivity index (χ1v) is 7.88. The van der Waals surface area contributed by atoms with Crippen molar-refractivity contribution in [1.82, 2.24) is 10.2 Å². The standard InChI is InChI=1S/C19H12FN3O4/c20-14-10-11(6-7-15(14)24)17(25)21-13-4-1-3-12(9-13)18-22-23-19(27-18)16-5-2-8-26-16/h1-10,24H,(H,21,25). The highest BCUT2D eigenvalue weighted by Gasteiger charge is 2.14. The van der Waals surface area contributed by atoms with E-state index >= 15 is 0 Å². The molecule has 1 amide bonds. The molecule has 0 aliphatic carbocycles. The number of hydrogen-bond acceptors (Lipinski definition) is 6. The molecule has 0 bridgehead atoms. The van der Waals surface area contributed by atoms with Gasteiger partial charge in [-0.15, -0.1) is 10.2 Å². The minimum absolute atomic E-state index is 0.0774. The van der Waals surface area contributed by atoms with Gasteiger partial charge in [-0.3, -0.25) is 4.79 Å². The number of aromatic nitrogens is 2. The predicted molar refractivity (Wildman–Crippen MR) is 93.5 cm³/mol. The van der Waals surface area contributed by atoms with Gasteiger partial charge < -0.3 is 19.3 Å². The molecule has 2 aromatic carbocycles. The van der Waals surface area contributed by atoms with Crippen LogP contribution >= 0.6 is 0 Å². The lowest BCUT2D eigenvalue weighted by Gasteiger charge is -2.07. The van der Waals surface area contributed by atoms with Gasteiger partial charge in [-0.25, -0.2) is 4.39 Å². The molecule has 134 valence electrons. The Hall–Kier alpha value is -3.94. The molecular formula is C19H12FN3O4. The molecule has 0 spiro atoms. The Morgan fingerprint density at radius 3 is 2.67 bits per heavy atom. The van der Waals surface area contributed by atoms with Crippen molar-refractivity contribution < 1.29 is 23.1 Å². The van der Waals surface area contributed by atoms with Crippen molar-refractivity contribution in [2.75, 3.05) is 5.32 Å². The number of hydrogen-bond donors (Lipinski definition) is 2. The summed E-state index contributed by atoms with van der Waals surface area (Å²) in [6.07, 6.45) is 1.50. The predicted octanol–water partition coefficient (Wildman–Crippen LogP) is 4.09. The first-order chi connectivity index (χ1) is 13.1. The average Bonchev–Trinajstić information content (AvgIpc) is 3.35. The number of nitrogens with zero attached hydrogens (tertiary/aromatic N) is 2. The van der Waals surface area contributed by atoms with E-state index < -0.39 is 17.5 Å². The lowest BCUT2D eigenvalue weighted by molar-refractivity contribution is 0.102. The van der Waals surface area contributed by atoms with Crippen LogP contribution in [0.25, 0.3) is 23.1 Å². The first-order valence-electron chi connectivity index (χ1n) is 7.88. The van der Waals surface area contributed by atoms with E-state index in [0.29, 0.717) is 17.0 Å². The molecule has 0 aliphatic rings. The van der Waals surface area contributed by atoms with Crippen LogP contribution in [-0.2, 0) is 0 Å². The van der Waals surface area contributed by atoms with E-state index in [1.54, 1.807) is 36.4 Å². The third-order valence-electron chi connectivity index (χ3n) is 3.73. The molecule has 0 saturated carbocycles. The average molecular weight is 365 g/mol. The molecule has 0 unspecified atom stereocenters. The number of carbonyl (C=O) groups is 1. The Morgan fingerprint density at radius 1 is 1.04 bits per heavy atom. The van der Waals surface area contributed by atoms with Crippen molar-refractivity contribution in [2.45, 2.75) is 0 Å². The molecule has 2 heterocycles. The van der Waals surface area contributed by atoms with Crippen LogP contribution in [0.4, 0.5) is 10.1 Å².